The van der Waals surface area contributed by atoms with E-state index >= 15 is 0 Å². The minimum absolute atomic E-state index is 0.129. The SMILES string of the molecule is CC(NC(CCO)C(C)(C)C)c1ccco1. The Balaban J connectivity index is 2.62. The molecule has 1 heterocycles. The molecule has 16 heavy (non-hydrogen) atoms. The summed E-state index contributed by atoms with van der Waals surface area (Å²) in [6.07, 6.45) is 2.44. The Morgan fingerprint density at radius 2 is 2.12 bits per heavy atom. The van der Waals surface area contributed by atoms with Crippen LogP contribution in [0.4, 0.5) is 0 Å². The van der Waals surface area contributed by atoms with Crippen LogP contribution >= 0.6 is 0 Å². The number of furan rings is 1. The second-order valence-corrected chi connectivity index (χ2v) is 5.33. The summed E-state index contributed by atoms with van der Waals surface area (Å²) in [4.78, 5) is 0. The molecule has 0 fully saturated rings. The summed E-state index contributed by atoms with van der Waals surface area (Å²) in [6, 6.07) is 4.31. The maximum atomic E-state index is 9.08. The van der Waals surface area contributed by atoms with E-state index in [2.05, 4.69) is 33.0 Å². The number of hydrogen-bond acceptors (Lipinski definition) is 3. The van der Waals surface area contributed by atoms with Crippen molar-refractivity contribution in [2.24, 2.45) is 5.41 Å². The van der Waals surface area contributed by atoms with Crippen LogP contribution in [0.1, 0.15) is 45.9 Å². The summed E-state index contributed by atoms with van der Waals surface area (Å²) in [6.45, 7) is 8.81. The van der Waals surface area contributed by atoms with Crippen LogP contribution in [0.25, 0.3) is 0 Å². The van der Waals surface area contributed by atoms with Gasteiger partial charge in [0.15, 0.2) is 0 Å². The first-order valence-electron chi connectivity index (χ1n) is 5.85. The van der Waals surface area contributed by atoms with Crippen LogP contribution in [0, 0.1) is 5.41 Å². The molecule has 0 saturated heterocycles. The van der Waals surface area contributed by atoms with Gasteiger partial charge in [-0.2, -0.15) is 0 Å². The van der Waals surface area contributed by atoms with Gasteiger partial charge in [0.2, 0.25) is 0 Å². The van der Waals surface area contributed by atoms with Crippen LogP contribution in [-0.2, 0) is 0 Å². The van der Waals surface area contributed by atoms with E-state index in [-0.39, 0.29) is 24.1 Å². The molecule has 92 valence electrons. The molecule has 0 aliphatic rings. The fourth-order valence-electron chi connectivity index (χ4n) is 1.82. The van der Waals surface area contributed by atoms with E-state index in [1.54, 1.807) is 6.26 Å². The van der Waals surface area contributed by atoms with Gasteiger partial charge < -0.3 is 14.8 Å². The Labute approximate surface area is 97.9 Å². The highest BCUT2D eigenvalue weighted by Gasteiger charge is 2.26. The van der Waals surface area contributed by atoms with Crippen molar-refractivity contribution in [3.8, 4) is 0 Å². The molecule has 1 aromatic rings. The van der Waals surface area contributed by atoms with Gasteiger partial charge in [-0.1, -0.05) is 20.8 Å². The highest BCUT2D eigenvalue weighted by molar-refractivity contribution is 5.04. The van der Waals surface area contributed by atoms with Crippen molar-refractivity contribution in [3.05, 3.63) is 24.2 Å². The molecular formula is C13H23NO2. The fraction of sp³-hybridized carbons (Fsp3) is 0.692. The van der Waals surface area contributed by atoms with Crippen molar-refractivity contribution in [3.63, 3.8) is 0 Å². The van der Waals surface area contributed by atoms with Crippen LogP contribution in [0.2, 0.25) is 0 Å². The maximum Gasteiger partial charge on any atom is 0.120 e. The van der Waals surface area contributed by atoms with E-state index in [1.807, 2.05) is 12.1 Å². The molecule has 0 spiro atoms. The molecule has 1 aromatic heterocycles. The monoisotopic (exact) mass is 225 g/mol. The van der Waals surface area contributed by atoms with Crippen LogP contribution in [0.3, 0.4) is 0 Å². The van der Waals surface area contributed by atoms with Gasteiger partial charge in [0, 0.05) is 12.6 Å². The van der Waals surface area contributed by atoms with Gasteiger partial charge in [0.1, 0.15) is 5.76 Å². The molecule has 0 radical (unpaired) electrons. The smallest absolute Gasteiger partial charge is 0.120 e. The van der Waals surface area contributed by atoms with Crippen LogP contribution in [0.5, 0.6) is 0 Å². The molecule has 3 heteroatoms. The topological polar surface area (TPSA) is 45.4 Å². The zero-order valence-corrected chi connectivity index (χ0v) is 10.7. The average Bonchev–Trinajstić information content (AvgIpc) is 2.68. The lowest BCUT2D eigenvalue weighted by atomic mass is 9.84. The van der Waals surface area contributed by atoms with Crippen LogP contribution in [-0.4, -0.2) is 17.8 Å². The van der Waals surface area contributed by atoms with Gasteiger partial charge >= 0.3 is 0 Å². The van der Waals surface area contributed by atoms with E-state index < -0.39 is 0 Å². The molecule has 2 unspecified atom stereocenters. The second kappa shape index (κ2) is 5.51. The first kappa shape index (κ1) is 13.3. The first-order valence-corrected chi connectivity index (χ1v) is 5.85. The van der Waals surface area contributed by atoms with E-state index in [4.69, 9.17) is 9.52 Å². The lowest BCUT2D eigenvalue weighted by Crippen LogP contribution is -2.42. The second-order valence-electron chi connectivity index (χ2n) is 5.33. The summed E-state index contributed by atoms with van der Waals surface area (Å²) in [5, 5.41) is 12.6. The molecule has 0 aromatic carbocycles. The van der Waals surface area contributed by atoms with Crippen LogP contribution in [0.15, 0.2) is 22.8 Å². The van der Waals surface area contributed by atoms with Crippen molar-refractivity contribution in [2.75, 3.05) is 6.61 Å². The van der Waals surface area contributed by atoms with Gasteiger partial charge in [-0.15, -0.1) is 0 Å². The molecule has 1 rings (SSSR count). The minimum atomic E-state index is 0.129. The number of aliphatic hydroxyl groups is 1. The quantitative estimate of drug-likeness (QED) is 0.810. The first-order chi connectivity index (χ1) is 7.45. The average molecular weight is 225 g/mol. The van der Waals surface area contributed by atoms with Gasteiger partial charge in [-0.25, -0.2) is 0 Å². The standard InChI is InChI=1S/C13H23NO2/c1-10(11-6-5-9-16-11)14-12(7-8-15)13(2,3)4/h5-6,9-10,12,14-15H,7-8H2,1-4H3. The normalized spacial score (nSPS) is 16.1. The zero-order valence-electron chi connectivity index (χ0n) is 10.7. The Bertz CT molecular complexity index is 287. The van der Waals surface area contributed by atoms with Crippen molar-refractivity contribution >= 4 is 0 Å². The largest absolute Gasteiger partial charge is 0.468 e. The lowest BCUT2D eigenvalue weighted by Gasteiger charge is -2.33. The fourth-order valence-corrected chi connectivity index (χ4v) is 1.82. The van der Waals surface area contributed by atoms with E-state index in [0.29, 0.717) is 0 Å². The Kier molecular flexibility index (Phi) is 4.56. The van der Waals surface area contributed by atoms with Crippen molar-refractivity contribution in [2.45, 2.75) is 46.2 Å². The Hall–Kier alpha value is -0.800. The molecule has 0 aliphatic heterocycles. The molecule has 0 amide bonds. The molecule has 0 saturated carbocycles. The molecule has 2 N–H and O–H groups in total. The molecule has 0 bridgehead atoms. The number of rotatable bonds is 5. The number of nitrogens with one attached hydrogen (secondary N) is 1. The predicted molar refractivity (Wildman–Crippen MR) is 65.2 cm³/mol. The third-order valence-electron chi connectivity index (χ3n) is 2.88. The van der Waals surface area contributed by atoms with Crippen molar-refractivity contribution in [1.29, 1.82) is 0 Å². The maximum absolute atomic E-state index is 9.08. The third kappa shape index (κ3) is 3.65. The molecular weight excluding hydrogens is 202 g/mol. The van der Waals surface area contributed by atoms with Crippen molar-refractivity contribution in [1.82, 2.24) is 5.32 Å². The molecule has 3 nitrogen and oxygen atoms in total. The van der Waals surface area contributed by atoms with Gasteiger partial charge in [-0.05, 0) is 30.9 Å². The lowest BCUT2D eigenvalue weighted by molar-refractivity contribution is 0.183. The number of hydrogen-bond donors (Lipinski definition) is 2. The van der Waals surface area contributed by atoms with E-state index in [9.17, 15) is 0 Å². The van der Waals surface area contributed by atoms with Gasteiger partial charge in [0.25, 0.3) is 0 Å². The van der Waals surface area contributed by atoms with Gasteiger partial charge in [0.05, 0.1) is 12.3 Å². The molecule has 0 aliphatic carbocycles. The summed E-state index contributed by atoms with van der Waals surface area (Å²) in [5.41, 5.74) is 0.129. The Morgan fingerprint density at radius 1 is 1.44 bits per heavy atom. The number of aliphatic hydroxyl groups excluding tert-OH is 1. The summed E-state index contributed by atoms with van der Waals surface area (Å²) >= 11 is 0. The minimum Gasteiger partial charge on any atom is -0.468 e. The summed E-state index contributed by atoms with van der Waals surface area (Å²) in [7, 11) is 0. The van der Waals surface area contributed by atoms with E-state index in [0.717, 1.165) is 12.2 Å². The summed E-state index contributed by atoms with van der Waals surface area (Å²) < 4.78 is 5.36. The summed E-state index contributed by atoms with van der Waals surface area (Å²) in [5.74, 6) is 0.937. The highest BCUT2D eigenvalue weighted by Crippen LogP contribution is 2.25. The van der Waals surface area contributed by atoms with Crippen molar-refractivity contribution < 1.29 is 9.52 Å². The van der Waals surface area contributed by atoms with Gasteiger partial charge in [-0.3, -0.25) is 0 Å². The zero-order chi connectivity index (χ0) is 12.2. The molecule has 2 atom stereocenters. The predicted octanol–water partition coefficient (Wildman–Crippen LogP) is 2.73. The van der Waals surface area contributed by atoms with E-state index in [1.165, 1.54) is 0 Å². The van der Waals surface area contributed by atoms with Crippen LogP contribution < -0.4 is 5.32 Å². The highest BCUT2D eigenvalue weighted by atomic mass is 16.3. The Morgan fingerprint density at radius 3 is 2.56 bits per heavy atom. The third-order valence-corrected chi connectivity index (χ3v) is 2.88.